The van der Waals surface area contributed by atoms with Gasteiger partial charge in [-0.2, -0.15) is 13.4 Å². The lowest BCUT2D eigenvalue weighted by atomic mass is 10.0. The van der Waals surface area contributed by atoms with Crippen LogP contribution < -0.4 is 10.3 Å². The summed E-state index contributed by atoms with van der Waals surface area (Å²) in [6, 6.07) is 28.4. The van der Waals surface area contributed by atoms with Crippen LogP contribution in [0.15, 0.2) is 112 Å². The van der Waals surface area contributed by atoms with Gasteiger partial charge in [0, 0.05) is 36.6 Å². The Balaban J connectivity index is 1.11. The number of hydrogen-bond acceptors (Lipinski definition) is 9. The lowest BCUT2D eigenvalue weighted by Gasteiger charge is -2.28. The van der Waals surface area contributed by atoms with Crippen LogP contribution in [-0.2, 0) is 50.8 Å². The SMILES string of the molecule is CCN(CC)CCN(Cc1ccc(-c2ccc(OCCOS(=O)(=O)c3ccc(C)cc3)cc2)cc1)C(=O)Cn1c(SCc2ccc(F)cc2)nc(=O)c2c1CCC2. The van der Waals surface area contributed by atoms with Gasteiger partial charge in [0.15, 0.2) is 5.16 Å². The second-order valence-electron chi connectivity index (χ2n) is 14.0. The van der Waals surface area contributed by atoms with Gasteiger partial charge < -0.3 is 19.1 Å². The van der Waals surface area contributed by atoms with E-state index in [1.54, 1.807) is 24.3 Å². The van der Waals surface area contributed by atoms with Gasteiger partial charge in [0.05, 0.1) is 4.90 Å². The maximum absolute atomic E-state index is 14.3. The third-order valence-electron chi connectivity index (χ3n) is 10.1. The standard InChI is InChI=1S/C44H49FN4O6S2/c1-4-47(5-2)25-26-48(42(50)30-49-41-8-6-7-40(41)43(51)46-44(49)56-31-34-13-19-37(45)20-14-34)29-33-11-15-35(16-12-33)36-17-21-38(22-18-36)54-27-28-55-57(52,53)39-23-9-32(3)10-24-39/h9-24H,4-8,25-31H2,1-3H3. The van der Waals surface area contributed by atoms with Crippen LogP contribution in [0, 0.1) is 12.7 Å². The molecule has 0 saturated heterocycles. The van der Waals surface area contributed by atoms with E-state index in [4.69, 9.17) is 8.92 Å². The van der Waals surface area contributed by atoms with E-state index in [-0.39, 0.29) is 41.9 Å². The summed E-state index contributed by atoms with van der Waals surface area (Å²) in [6.45, 7) is 9.58. The number of likely N-dealkylation sites (N-methyl/N-ethyl adjacent to an activating group) is 1. The van der Waals surface area contributed by atoms with Gasteiger partial charge in [-0.15, -0.1) is 0 Å². The molecule has 0 fully saturated rings. The molecule has 1 aromatic heterocycles. The van der Waals surface area contributed by atoms with Crippen LogP contribution in [0.3, 0.4) is 0 Å². The first kappa shape index (κ1) is 41.8. The summed E-state index contributed by atoms with van der Waals surface area (Å²) >= 11 is 1.39. The zero-order chi connectivity index (χ0) is 40.4. The van der Waals surface area contributed by atoms with Crippen LogP contribution >= 0.6 is 11.8 Å². The summed E-state index contributed by atoms with van der Waals surface area (Å²) in [5, 5.41) is 0.502. The number of halogens is 1. The number of amides is 1. The minimum absolute atomic E-state index is 0.0526. The van der Waals surface area contributed by atoms with Gasteiger partial charge in [-0.05, 0) is 97.9 Å². The Hall–Kier alpha value is -4.82. The largest absolute Gasteiger partial charge is 0.491 e. The van der Waals surface area contributed by atoms with Crippen molar-refractivity contribution in [2.45, 2.75) is 68.9 Å². The molecule has 13 heteroatoms. The molecule has 0 saturated carbocycles. The molecule has 1 aliphatic rings. The predicted octanol–water partition coefficient (Wildman–Crippen LogP) is 7.29. The first-order chi connectivity index (χ1) is 27.5. The van der Waals surface area contributed by atoms with E-state index in [1.807, 2.05) is 64.9 Å². The summed E-state index contributed by atoms with van der Waals surface area (Å²) in [7, 11) is -3.86. The highest BCUT2D eigenvalue weighted by atomic mass is 32.2. The van der Waals surface area contributed by atoms with E-state index >= 15 is 0 Å². The Labute approximate surface area is 338 Å². The molecular weight excluding hydrogens is 764 g/mol. The van der Waals surface area contributed by atoms with Crippen LogP contribution in [0.5, 0.6) is 5.75 Å². The number of aromatic nitrogens is 2. The van der Waals surface area contributed by atoms with E-state index in [0.29, 0.717) is 48.2 Å². The van der Waals surface area contributed by atoms with Crippen molar-refractivity contribution in [2.24, 2.45) is 0 Å². The molecule has 0 bridgehead atoms. The highest BCUT2D eigenvalue weighted by Crippen LogP contribution is 2.28. The Morgan fingerprint density at radius 1 is 0.842 bits per heavy atom. The molecule has 0 radical (unpaired) electrons. The minimum atomic E-state index is -3.86. The number of rotatable bonds is 19. The van der Waals surface area contributed by atoms with Crippen LogP contribution in [0.1, 0.15) is 48.2 Å². The zero-order valence-corrected chi connectivity index (χ0v) is 34.3. The molecule has 300 valence electrons. The average molecular weight is 813 g/mol. The minimum Gasteiger partial charge on any atom is -0.491 e. The number of fused-ring (bicyclic) bond motifs is 1. The van der Waals surface area contributed by atoms with Crippen molar-refractivity contribution < 1.29 is 26.5 Å². The Bertz CT molecular complexity index is 2280. The zero-order valence-electron chi connectivity index (χ0n) is 32.7. The van der Waals surface area contributed by atoms with Crippen molar-refractivity contribution in [3.8, 4) is 16.9 Å². The fourth-order valence-electron chi connectivity index (χ4n) is 6.76. The number of carbonyl (C=O) groups excluding carboxylic acids is 1. The highest BCUT2D eigenvalue weighted by Gasteiger charge is 2.25. The molecule has 0 unspecified atom stereocenters. The summed E-state index contributed by atoms with van der Waals surface area (Å²) in [5.74, 6) is 0.721. The third kappa shape index (κ3) is 11.2. The van der Waals surface area contributed by atoms with Crippen molar-refractivity contribution in [3.63, 3.8) is 0 Å². The predicted molar refractivity (Wildman–Crippen MR) is 221 cm³/mol. The van der Waals surface area contributed by atoms with Gasteiger partial charge in [-0.1, -0.05) is 91.8 Å². The third-order valence-corrected chi connectivity index (χ3v) is 12.5. The molecule has 1 heterocycles. The Morgan fingerprint density at radius 2 is 1.49 bits per heavy atom. The number of ether oxygens (including phenoxy) is 1. The normalized spacial score (nSPS) is 12.5. The van der Waals surface area contributed by atoms with Gasteiger partial charge in [-0.25, -0.2) is 4.39 Å². The topological polar surface area (TPSA) is 111 Å². The molecule has 57 heavy (non-hydrogen) atoms. The average Bonchev–Trinajstić information content (AvgIpc) is 3.72. The van der Waals surface area contributed by atoms with E-state index in [2.05, 4.69) is 23.7 Å². The number of benzene rings is 4. The number of hydrogen-bond donors (Lipinski definition) is 0. The van der Waals surface area contributed by atoms with E-state index in [9.17, 15) is 22.4 Å². The van der Waals surface area contributed by atoms with Gasteiger partial charge in [0.1, 0.15) is 31.3 Å². The van der Waals surface area contributed by atoms with Gasteiger partial charge in [-0.3, -0.25) is 13.8 Å². The maximum atomic E-state index is 14.3. The van der Waals surface area contributed by atoms with Crippen LogP contribution in [0.4, 0.5) is 4.39 Å². The molecule has 0 atom stereocenters. The molecule has 6 rings (SSSR count). The van der Waals surface area contributed by atoms with Crippen LogP contribution in [0.25, 0.3) is 11.1 Å². The molecule has 4 aromatic carbocycles. The smallest absolute Gasteiger partial charge is 0.297 e. The lowest BCUT2D eigenvalue weighted by Crippen LogP contribution is -2.40. The summed E-state index contributed by atoms with van der Waals surface area (Å²) < 4.78 is 51.2. The van der Waals surface area contributed by atoms with Gasteiger partial charge in [0.25, 0.3) is 15.7 Å². The number of thioether (sulfide) groups is 1. The highest BCUT2D eigenvalue weighted by molar-refractivity contribution is 7.98. The lowest BCUT2D eigenvalue weighted by molar-refractivity contribution is -0.132. The van der Waals surface area contributed by atoms with Gasteiger partial charge in [0.2, 0.25) is 5.91 Å². The van der Waals surface area contributed by atoms with Crippen molar-refractivity contribution in [1.29, 1.82) is 0 Å². The van der Waals surface area contributed by atoms with Crippen molar-refractivity contribution in [1.82, 2.24) is 19.4 Å². The van der Waals surface area contributed by atoms with E-state index in [1.165, 1.54) is 36.0 Å². The molecule has 0 spiro atoms. The summed E-state index contributed by atoms with van der Waals surface area (Å²) in [5.41, 5.74) is 6.17. The van der Waals surface area contributed by atoms with E-state index in [0.717, 1.165) is 59.6 Å². The molecule has 5 aromatic rings. The fraction of sp³-hybridized carbons (Fsp3) is 0.341. The quantitative estimate of drug-likeness (QED) is 0.0368. The summed E-state index contributed by atoms with van der Waals surface area (Å²) in [4.78, 5) is 36.0. The van der Waals surface area contributed by atoms with Gasteiger partial charge >= 0.3 is 0 Å². The van der Waals surface area contributed by atoms with Crippen LogP contribution in [0.2, 0.25) is 0 Å². The molecule has 0 N–H and O–H groups in total. The number of carbonyl (C=O) groups is 1. The molecule has 10 nitrogen and oxygen atoms in total. The van der Waals surface area contributed by atoms with Crippen molar-refractivity contribution >= 4 is 27.8 Å². The van der Waals surface area contributed by atoms with Crippen molar-refractivity contribution in [3.05, 3.63) is 141 Å². The Morgan fingerprint density at radius 3 is 2.16 bits per heavy atom. The molecule has 1 amide bonds. The Kier molecular flexibility index (Phi) is 14.3. The maximum Gasteiger partial charge on any atom is 0.297 e. The van der Waals surface area contributed by atoms with Crippen LogP contribution in [-0.4, -0.2) is 73.1 Å². The second-order valence-corrected chi connectivity index (χ2v) is 16.5. The summed E-state index contributed by atoms with van der Waals surface area (Å²) in [6.07, 6.45) is 2.21. The monoisotopic (exact) mass is 812 g/mol. The van der Waals surface area contributed by atoms with Crippen molar-refractivity contribution in [2.75, 3.05) is 39.4 Å². The number of aryl methyl sites for hydroxylation is 1. The fourth-order valence-corrected chi connectivity index (χ4v) is 8.62. The number of nitrogens with zero attached hydrogens (tertiary/aromatic N) is 4. The molecular formula is C44H49FN4O6S2. The first-order valence-electron chi connectivity index (χ1n) is 19.3. The molecule has 1 aliphatic carbocycles. The first-order valence-corrected chi connectivity index (χ1v) is 21.7. The second kappa shape index (κ2) is 19.6. The molecule has 0 aliphatic heterocycles. The van der Waals surface area contributed by atoms with E-state index < -0.39 is 10.1 Å².